The fourth-order valence-electron chi connectivity index (χ4n) is 8.13. The maximum absolute atomic E-state index is 15.3. The molecule has 14 nitrogen and oxygen atoms in total. The third-order valence-electron chi connectivity index (χ3n) is 11.2. The zero-order valence-corrected chi connectivity index (χ0v) is 42.2. The number of nitrogens with zero attached hydrogens (tertiary/aromatic N) is 5. The van der Waals surface area contributed by atoms with E-state index in [2.05, 4.69) is 25.2 Å². The van der Waals surface area contributed by atoms with Crippen LogP contribution in [0.25, 0.3) is 5.57 Å². The van der Waals surface area contributed by atoms with Crippen LogP contribution in [0.2, 0.25) is 0 Å². The van der Waals surface area contributed by atoms with Crippen molar-refractivity contribution in [3.05, 3.63) is 207 Å². The molecule has 0 bridgehead atoms. The molecule has 0 radical (unpaired) electrons. The first-order chi connectivity index (χ1) is 34.4. The highest BCUT2D eigenvalue weighted by molar-refractivity contribution is 8.22. The van der Waals surface area contributed by atoms with Gasteiger partial charge in [0.2, 0.25) is 10.5 Å². The predicted molar refractivity (Wildman–Crippen MR) is 282 cm³/mol. The van der Waals surface area contributed by atoms with Crippen LogP contribution in [0.4, 0.5) is 9.93 Å². The van der Waals surface area contributed by atoms with E-state index < -0.39 is 51.4 Å². The van der Waals surface area contributed by atoms with Crippen LogP contribution >= 0.6 is 58.6 Å². The molecule has 0 unspecified atom stereocenters. The van der Waals surface area contributed by atoms with Crippen LogP contribution in [0.15, 0.2) is 174 Å². The van der Waals surface area contributed by atoms with Crippen molar-refractivity contribution in [2.24, 2.45) is 5.16 Å². The van der Waals surface area contributed by atoms with Gasteiger partial charge in [0.05, 0.1) is 11.1 Å². The van der Waals surface area contributed by atoms with Gasteiger partial charge in [-0.05, 0) is 43.4 Å². The SMILES string of the molecule is CC(C)(C)OC(=O)Nc1nc(C(=NOC(c2ccccc2)(c2ccccc2)c2ccccc2)C(=O)N[C@]2(SC=S)C(=O)N3C(C(=O)OC(c4ccccc4)c4ccccc4)=C(c4cnns4)CS[C@H]32)cs1. The number of oxime groups is 1. The number of thioether (sulfide) groups is 2. The largest absolute Gasteiger partial charge is 0.448 e. The Hall–Kier alpha value is -7.03. The first-order valence-corrected chi connectivity index (χ1v) is 26.1. The molecule has 0 saturated carbocycles. The maximum Gasteiger partial charge on any atom is 0.413 e. The molecule has 2 aliphatic heterocycles. The maximum atomic E-state index is 15.3. The lowest BCUT2D eigenvalue weighted by Gasteiger charge is -2.56. The molecule has 0 aliphatic carbocycles. The van der Waals surface area contributed by atoms with Gasteiger partial charge in [0, 0.05) is 38.1 Å². The average Bonchev–Trinajstić information content (AvgIpc) is 4.10. The number of ether oxygens (including phenoxy) is 2. The van der Waals surface area contributed by atoms with Gasteiger partial charge in [-0.15, -0.1) is 28.2 Å². The quantitative estimate of drug-likeness (QED) is 0.0178. The number of hydrogen-bond donors (Lipinski definition) is 2. The number of esters is 1. The van der Waals surface area contributed by atoms with Crippen LogP contribution in [-0.2, 0) is 34.3 Å². The van der Waals surface area contributed by atoms with E-state index in [1.54, 1.807) is 20.8 Å². The summed E-state index contributed by atoms with van der Waals surface area (Å²) in [7, 11) is 0. The zero-order chi connectivity index (χ0) is 49.6. The topological polar surface area (TPSA) is 174 Å². The number of β-lactam (4-membered cyclic amide) rings is 1. The summed E-state index contributed by atoms with van der Waals surface area (Å²) in [5.74, 6) is -2.06. The highest BCUT2D eigenvalue weighted by Crippen LogP contribution is 2.53. The van der Waals surface area contributed by atoms with Crippen LogP contribution in [0.5, 0.6) is 0 Å². The highest BCUT2D eigenvalue weighted by Gasteiger charge is 2.66. The Labute approximate surface area is 431 Å². The lowest BCUT2D eigenvalue weighted by Crippen LogP contribution is -2.78. The van der Waals surface area contributed by atoms with Crippen molar-refractivity contribution in [1.29, 1.82) is 0 Å². The molecule has 1 fully saturated rings. The molecule has 4 heterocycles. The molecule has 2 aliphatic rings. The number of carbonyl (C=O) groups is 4. The molecule has 3 amide bonds. The molecule has 5 aromatic carbocycles. The second-order valence-corrected chi connectivity index (χ2v) is 21.3. The average molecular weight is 1040 g/mol. The second-order valence-electron chi connectivity index (χ2n) is 16.9. The van der Waals surface area contributed by atoms with E-state index in [0.29, 0.717) is 27.1 Å². The number of anilines is 1. The first kappa shape index (κ1) is 49.0. The Balaban J connectivity index is 1.12. The Bertz CT molecular complexity index is 2970. The monoisotopic (exact) mass is 1040 g/mol. The fraction of sp³-hybridized carbons (Fsp3) is 0.173. The predicted octanol–water partition coefficient (Wildman–Crippen LogP) is 10.2. The van der Waals surface area contributed by atoms with Gasteiger partial charge in [-0.1, -0.05) is 185 Å². The smallest absolute Gasteiger partial charge is 0.413 e. The Morgan fingerprint density at radius 3 is 1.90 bits per heavy atom. The standard InChI is InChI=1S/C52H43N7O7S5/c1-50(2,3)65-49(63)55-48-54-39(31-69-48)41(57-66-51(35-23-13-6-14-24-35,36-25-15-7-16-26-36)37-27-17-8-18-28-37)44(60)56-52(70-32-67)46(62)59-42(38(30-68-47(52)59)40-29-53-58-71-40)45(61)64-43(33-19-9-4-10-20-33)34-21-11-5-12-22-34/h4-29,31-32,43,47H,30H2,1-3H3,(H,56,60)(H,54,55,63)/t47-,52-/m0/s1. The van der Waals surface area contributed by atoms with E-state index in [9.17, 15) is 9.59 Å². The van der Waals surface area contributed by atoms with Gasteiger partial charge in [-0.3, -0.25) is 19.8 Å². The summed E-state index contributed by atoms with van der Waals surface area (Å²) in [6.07, 6.45) is -0.0493. The van der Waals surface area contributed by atoms with Crippen molar-refractivity contribution in [2.45, 2.75) is 48.3 Å². The van der Waals surface area contributed by atoms with Crippen molar-refractivity contribution >= 4 is 104 Å². The van der Waals surface area contributed by atoms with Gasteiger partial charge in [-0.2, -0.15) is 0 Å². The van der Waals surface area contributed by atoms with Gasteiger partial charge in [0.15, 0.2) is 16.9 Å². The number of fused-ring (bicyclic) bond motifs is 1. The van der Waals surface area contributed by atoms with E-state index in [4.69, 9.17) is 31.7 Å². The Kier molecular flexibility index (Phi) is 14.6. The molecule has 9 rings (SSSR count). The number of amides is 3. The van der Waals surface area contributed by atoms with Crippen LogP contribution in [0, 0.1) is 0 Å². The third-order valence-corrected chi connectivity index (χ3v) is 15.5. The number of aromatic nitrogens is 3. The van der Waals surface area contributed by atoms with E-state index in [1.165, 1.54) is 32.9 Å². The summed E-state index contributed by atoms with van der Waals surface area (Å²) in [5, 5.41) is 15.1. The molecule has 358 valence electrons. The minimum absolute atomic E-state index is 0.00976. The minimum atomic E-state index is -1.77. The fourth-order valence-corrected chi connectivity index (χ4v) is 12.4. The second kappa shape index (κ2) is 21.1. The van der Waals surface area contributed by atoms with Gasteiger partial charge < -0.3 is 19.6 Å². The third kappa shape index (κ3) is 10.1. The lowest BCUT2D eigenvalue weighted by atomic mass is 9.80. The summed E-state index contributed by atoms with van der Waals surface area (Å²) in [4.78, 5) is 69.8. The Morgan fingerprint density at radius 1 is 0.845 bits per heavy atom. The van der Waals surface area contributed by atoms with Crippen LogP contribution in [0.3, 0.4) is 0 Å². The van der Waals surface area contributed by atoms with E-state index in [-0.39, 0.29) is 28.0 Å². The van der Waals surface area contributed by atoms with Gasteiger partial charge in [0.25, 0.3) is 11.8 Å². The van der Waals surface area contributed by atoms with E-state index in [0.717, 1.165) is 45.8 Å². The molecule has 2 aromatic heterocycles. The van der Waals surface area contributed by atoms with Crippen molar-refractivity contribution in [1.82, 2.24) is 24.8 Å². The molecule has 1 saturated heterocycles. The summed E-state index contributed by atoms with van der Waals surface area (Å²) in [5.41, 5.74) is 1.48. The van der Waals surface area contributed by atoms with Gasteiger partial charge in [0.1, 0.15) is 22.4 Å². The van der Waals surface area contributed by atoms with Crippen LogP contribution in [0.1, 0.15) is 65.3 Å². The first-order valence-electron chi connectivity index (χ1n) is 22.0. The molecule has 2 N–H and O–H groups in total. The number of nitrogens with one attached hydrogen (secondary N) is 2. The number of thiocarbonyl (C=S) groups is 1. The molecular formula is C52H43N7O7S5. The zero-order valence-electron chi connectivity index (χ0n) is 38.2. The van der Waals surface area contributed by atoms with Gasteiger partial charge in [-0.25, -0.2) is 14.6 Å². The number of rotatable bonds is 16. The van der Waals surface area contributed by atoms with Crippen molar-refractivity contribution < 1.29 is 33.5 Å². The summed E-state index contributed by atoms with van der Waals surface area (Å²) < 4.78 is 17.2. The van der Waals surface area contributed by atoms with Gasteiger partial charge >= 0.3 is 12.1 Å². The number of hydrogen-bond acceptors (Lipinski definition) is 16. The molecule has 19 heteroatoms. The number of benzene rings is 5. The summed E-state index contributed by atoms with van der Waals surface area (Å²) in [6, 6.07) is 47.0. The highest BCUT2D eigenvalue weighted by atomic mass is 32.2. The van der Waals surface area contributed by atoms with Crippen LogP contribution in [-0.4, -0.2) is 75.4 Å². The molecular weight excluding hydrogens is 995 g/mol. The Morgan fingerprint density at radius 2 is 1.39 bits per heavy atom. The van der Waals surface area contributed by atoms with Crippen molar-refractivity contribution in [2.75, 3.05) is 11.1 Å². The molecule has 7 aromatic rings. The van der Waals surface area contributed by atoms with E-state index in [1.807, 2.05) is 152 Å². The molecule has 71 heavy (non-hydrogen) atoms. The lowest BCUT2D eigenvalue weighted by molar-refractivity contribution is -0.155. The summed E-state index contributed by atoms with van der Waals surface area (Å²) >= 11 is 9.75. The van der Waals surface area contributed by atoms with Crippen molar-refractivity contribution in [3.8, 4) is 0 Å². The number of carbonyl (C=O) groups excluding carboxylic acids is 4. The number of thiazole rings is 1. The minimum Gasteiger partial charge on any atom is -0.448 e. The van der Waals surface area contributed by atoms with Crippen LogP contribution < -0.4 is 10.6 Å². The normalized spacial score (nSPS) is 16.9. The summed E-state index contributed by atoms with van der Waals surface area (Å²) in [6.45, 7) is 5.20. The molecule has 0 spiro atoms. The molecule has 2 atom stereocenters. The van der Waals surface area contributed by atoms with E-state index >= 15 is 9.59 Å². The van der Waals surface area contributed by atoms with Crippen molar-refractivity contribution in [3.63, 3.8) is 0 Å².